The van der Waals surface area contributed by atoms with Crippen molar-refractivity contribution in [3.05, 3.63) is 0 Å². The first-order valence-electron chi connectivity index (χ1n) is 2.93. The maximum atomic E-state index is 10.0. The van der Waals surface area contributed by atoms with Gasteiger partial charge in [0.1, 0.15) is 0 Å². The quantitative estimate of drug-likeness (QED) is 0.284. The normalized spacial score (nSPS) is 12.4. The van der Waals surface area contributed by atoms with Crippen molar-refractivity contribution >= 4 is 10.4 Å². The molecule has 0 saturated heterocycles. The standard InChI is InChI=1S/C5H12O4S.Na/c1-4-5(2,3)9-10(6,7)8;/h4H2,1-3H3,(H,6,7,8);/q;+1/p-1. The first-order valence-corrected chi connectivity index (χ1v) is 4.26. The third kappa shape index (κ3) is 8.78. The summed E-state index contributed by atoms with van der Waals surface area (Å²) in [6, 6.07) is 0. The van der Waals surface area contributed by atoms with E-state index in [4.69, 9.17) is 0 Å². The molecule has 0 heterocycles. The second kappa shape index (κ2) is 4.79. The summed E-state index contributed by atoms with van der Waals surface area (Å²) in [4.78, 5) is 0. The summed E-state index contributed by atoms with van der Waals surface area (Å²) in [7, 11) is -4.54. The minimum atomic E-state index is -4.54. The van der Waals surface area contributed by atoms with Crippen LogP contribution in [0.4, 0.5) is 0 Å². The average Bonchev–Trinajstić information content (AvgIpc) is 1.60. The third-order valence-electron chi connectivity index (χ3n) is 1.18. The van der Waals surface area contributed by atoms with E-state index < -0.39 is 16.0 Å². The van der Waals surface area contributed by atoms with Crippen LogP contribution in [0.1, 0.15) is 27.2 Å². The van der Waals surface area contributed by atoms with Crippen LogP contribution in [0.15, 0.2) is 0 Å². The van der Waals surface area contributed by atoms with Crippen molar-refractivity contribution in [3.63, 3.8) is 0 Å². The fourth-order valence-electron chi connectivity index (χ4n) is 0.335. The molecular formula is C5H11NaO4S. The van der Waals surface area contributed by atoms with Gasteiger partial charge in [-0.2, -0.15) is 0 Å². The van der Waals surface area contributed by atoms with E-state index in [1.165, 1.54) is 0 Å². The maximum absolute atomic E-state index is 10.0. The van der Waals surface area contributed by atoms with E-state index in [9.17, 15) is 13.0 Å². The molecular weight excluding hydrogens is 179 g/mol. The van der Waals surface area contributed by atoms with E-state index in [1.54, 1.807) is 20.8 Å². The van der Waals surface area contributed by atoms with E-state index in [0.717, 1.165) is 0 Å². The summed E-state index contributed by atoms with van der Waals surface area (Å²) in [6.07, 6.45) is 0.481. The predicted octanol–water partition coefficient (Wildman–Crippen LogP) is -2.34. The Morgan fingerprint density at radius 1 is 1.45 bits per heavy atom. The van der Waals surface area contributed by atoms with Crippen LogP contribution in [-0.4, -0.2) is 18.6 Å². The van der Waals surface area contributed by atoms with Gasteiger partial charge in [0.25, 0.3) is 0 Å². The van der Waals surface area contributed by atoms with Crippen molar-refractivity contribution in [1.29, 1.82) is 0 Å². The van der Waals surface area contributed by atoms with Crippen LogP contribution in [0.3, 0.4) is 0 Å². The second-order valence-electron chi connectivity index (χ2n) is 2.60. The van der Waals surface area contributed by atoms with Gasteiger partial charge in [-0.25, -0.2) is 8.42 Å². The Kier molecular flexibility index (Phi) is 6.27. The van der Waals surface area contributed by atoms with Gasteiger partial charge in [0.15, 0.2) is 0 Å². The maximum Gasteiger partial charge on any atom is 1.00 e. The van der Waals surface area contributed by atoms with Crippen LogP contribution in [-0.2, 0) is 14.6 Å². The first kappa shape index (κ1) is 14.4. The Morgan fingerprint density at radius 3 is 1.91 bits per heavy atom. The summed E-state index contributed by atoms with van der Waals surface area (Å²) < 4.78 is 34.3. The van der Waals surface area contributed by atoms with Crippen LogP contribution in [0.2, 0.25) is 0 Å². The van der Waals surface area contributed by atoms with Crippen LogP contribution < -0.4 is 29.6 Å². The molecule has 0 bridgehead atoms. The van der Waals surface area contributed by atoms with Crippen LogP contribution in [0.5, 0.6) is 0 Å². The summed E-state index contributed by atoms with van der Waals surface area (Å²) in [6.45, 7) is 4.83. The molecule has 0 unspecified atom stereocenters. The van der Waals surface area contributed by atoms with Crippen LogP contribution >= 0.6 is 0 Å². The molecule has 0 aliphatic rings. The monoisotopic (exact) mass is 190 g/mol. The van der Waals surface area contributed by atoms with Gasteiger partial charge in [0.05, 0.1) is 5.60 Å². The van der Waals surface area contributed by atoms with Gasteiger partial charge in [-0.1, -0.05) is 6.92 Å². The third-order valence-corrected chi connectivity index (χ3v) is 1.83. The first-order chi connectivity index (χ1) is 4.27. The van der Waals surface area contributed by atoms with Gasteiger partial charge in [0.2, 0.25) is 10.4 Å². The van der Waals surface area contributed by atoms with Crippen molar-refractivity contribution in [2.24, 2.45) is 0 Å². The minimum Gasteiger partial charge on any atom is -0.726 e. The van der Waals surface area contributed by atoms with Crippen LogP contribution in [0.25, 0.3) is 0 Å². The summed E-state index contributed by atoms with van der Waals surface area (Å²) in [5, 5.41) is 0. The number of hydrogen-bond donors (Lipinski definition) is 0. The van der Waals surface area contributed by atoms with Gasteiger partial charge in [-0.15, -0.1) is 0 Å². The zero-order valence-electron chi connectivity index (χ0n) is 7.25. The Bertz CT molecular complexity index is 197. The molecule has 0 aromatic heterocycles. The molecule has 0 spiro atoms. The molecule has 0 saturated carbocycles. The van der Waals surface area contributed by atoms with Gasteiger partial charge in [-0.3, -0.25) is 4.18 Å². The number of hydrogen-bond acceptors (Lipinski definition) is 4. The Hall–Kier alpha value is 0.870. The van der Waals surface area contributed by atoms with Gasteiger partial charge in [-0.05, 0) is 20.3 Å². The van der Waals surface area contributed by atoms with Gasteiger partial charge in [0, 0.05) is 0 Å². The SMILES string of the molecule is CCC(C)(C)OS(=O)(=O)[O-].[Na+]. The van der Waals surface area contributed by atoms with E-state index in [1.807, 2.05) is 0 Å². The molecule has 0 amide bonds. The molecule has 4 nitrogen and oxygen atoms in total. The molecule has 0 radical (unpaired) electrons. The second-order valence-corrected chi connectivity index (χ2v) is 3.59. The zero-order chi connectivity index (χ0) is 8.41. The molecule has 0 rings (SSSR count). The van der Waals surface area contributed by atoms with E-state index in [2.05, 4.69) is 4.18 Å². The molecule has 0 aromatic carbocycles. The molecule has 0 aromatic rings. The predicted molar refractivity (Wildman–Crippen MR) is 35.2 cm³/mol. The van der Waals surface area contributed by atoms with Gasteiger partial charge >= 0.3 is 29.6 Å². The Morgan fingerprint density at radius 2 is 1.82 bits per heavy atom. The smallest absolute Gasteiger partial charge is 0.726 e. The molecule has 0 atom stereocenters. The van der Waals surface area contributed by atoms with E-state index >= 15 is 0 Å². The fraction of sp³-hybridized carbons (Fsp3) is 1.00. The Balaban J connectivity index is 0. The van der Waals surface area contributed by atoms with E-state index in [-0.39, 0.29) is 29.6 Å². The van der Waals surface area contributed by atoms with Crippen molar-refractivity contribution in [2.75, 3.05) is 0 Å². The summed E-state index contributed by atoms with van der Waals surface area (Å²) in [5.41, 5.74) is -0.874. The molecule has 62 valence electrons. The average molecular weight is 190 g/mol. The van der Waals surface area contributed by atoms with Crippen molar-refractivity contribution < 1.29 is 46.7 Å². The van der Waals surface area contributed by atoms with E-state index in [0.29, 0.717) is 6.42 Å². The summed E-state index contributed by atoms with van der Waals surface area (Å²) >= 11 is 0. The minimum absolute atomic E-state index is 0. The molecule has 0 aliphatic carbocycles. The molecule has 11 heavy (non-hydrogen) atoms. The van der Waals surface area contributed by atoms with Gasteiger partial charge < -0.3 is 4.55 Å². The largest absolute Gasteiger partial charge is 1.00 e. The van der Waals surface area contributed by atoms with Crippen LogP contribution in [0, 0.1) is 0 Å². The van der Waals surface area contributed by atoms with Crippen molar-refractivity contribution in [2.45, 2.75) is 32.8 Å². The molecule has 0 fully saturated rings. The topological polar surface area (TPSA) is 66.4 Å². The fourth-order valence-corrected chi connectivity index (χ4v) is 1.01. The zero-order valence-corrected chi connectivity index (χ0v) is 10.1. The Labute approximate surface area is 89.6 Å². The summed E-state index contributed by atoms with van der Waals surface area (Å²) in [5.74, 6) is 0. The van der Waals surface area contributed by atoms with Crippen molar-refractivity contribution in [1.82, 2.24) is 0 Å². The van der Waals surface area contributed by atoms with Crippen molar-refractivity contribution in [3.8, 4) is 0 Å². The number of rotatable bonds is 3. The molecule has 0 N–H and O–H groups in total. The molecule has 6 heteroatoms. The molecule has 0 aliphatic heterocycles.